The Hall–Kier alpha value is -1.45. The van der Waals surface area contributed by atoms with Crippen molar-refractivity contribution >= 4 is 40.5 Å². The third-order valence-corrected chi connectivity index (χ3v) is 1.91. The van der Waals surface area contributed by atoms with Crippen LogP contribution in [0.15, 0.2) is 18.6 Å². The number of carbonyl (C=O) groups is 2. The van der Waals surface area contributed by atoms with Crippen LogP contribution in [0.2, 0.25) is 0 Å². The van der Waals surface area contributed by atoms with Gasteiger partial charge in [0.15, 0.2) is 0 Å². The fraction of sp³-hybridized carbons (Fsp3) is 0.250. The Bertz CT molecular complexity index is 332. The van der Waals surface area contributed by atoms with E-state index >= 15 is 0 Å². The minimum Gasteiger partial charge on any atom is -0.384 e. The molecule has 1 aromatic rings. The van der Waals surface area contributed by atoms with Crippen molar-refractivity contribution in [2.75, 3.05) is 5.73 Å². The second kappa shape index (κ2) is 8.83. The summed E-state index contributed by atoms with van der Waals surface area (Å²) in [5.41, 5.74) is 9.98. The molecule has 5 N–H and O–H groups in total. The molecular weight excluding hydrogens is 325 g/mol. The Labute approximate surface area is 107 Å². The van der Waals surface area contributed by atoms with Crippen molar-refractivity contribution in [2.45, 2.75) is 12.8 Å². The van der Waals surface area contributed by atoms with E-state index in [-0.39, 0.29) is 18.7 Å². The van der Waals surface area contributed by atoms with E-state index in [9.17, 15) is 9.59 Å². The summed E-state index contributed by atoms with van der Waals surface area (Å²) < 4.78 is 2.34. The van der Waals surface area contributed by atoms with E-state index < -0.39 is 5.91 Å². The highest BCUT2D eigenvalue weighted by Gasteiger charge is 2.00. The Morgan fingerprint density at radius 1 is 1.44 bits per heavy atom. The lowest BCUT2D eigenvalue weighted by molar-refractivity contribution is -0.123. The van der Waals surface area contributed by atoms with Crippen LogP contribution < -0.4 is 15.0 Å². The van der Waals surface area contributed by atoms with Crippen molar-refractivity contribution < 1.29 is 9.59 Å². The molecule has 0 saturated heterocycles. The first kappa shape index (κ1) is 14.6. The first-order chi connectivity index (χ1) is 7.56. The van der Waals surface area contributed by atoms with E-state index in [1.165, 1.54) is 6.33 Å². The number of anilines is 1. The van der Waals surface area contributed by atoms with Crippen molar-refractivity contribution in [1.29, 1.82) is 0 Å². The zero-order chi connectivity index (χ0) is 12.4. The summed E-state index contributed by atoms with van der Waals surface area (Å²) in [6.07, 6.45) is 3.31. The van der Waals surface area contributed by atoms with Crippen molar-refractivity contribution in [2.24, 2.45) is 5.73 Å². The van der Waals surface area contributed by atoms with Gasteiger partial charge in [-0.1, -0.05) is 0 Å². The van der Waals surface area contributed by atoms with Gasteiger partial charge in [0.1, 0.15) is 12.1 Å². The summed E-state index contributed by atoms with van der Waals surface area (Å²) in [4.78, 5) is 27.7. The molecule has 1 heterocycles. The summed E-state index contributed by atoms with van der Waals surface area (Å²) in [6.45, 7) is 0. The van der Waals surface area contributed by atoms with Crippen molar-refractivity contribution in [3.05, 3.63) is 18.6 Å². The molecular formula is C8H12IN5O2. The zero-order valence-corrected chi connectivity index (χ0v) is 10.5. The SMILES string of the molecule is NC(=O)CCC(=O)NI.Nc1ccncn1. The Kier molecular flexibility index (Phi) is 8.03. The summed E-state index contributed by atoms with van der Waals surface area (Å²) in [7, 11) is 0. The highest BCUT2D eigenvalue weighted by molar-refractivity contribution is 14.1. The van der Waals surface area contributed by atoms with Gasteiger partial charge < -0.3 is 11.5 Å². The molecule has 0 aliphatic carbocycles. The number of hydrogen-bond acceptors (Lipinski definition) is 5. The topological polar surface area (TPSA) is 124 Å². The lowest BCUT2D eigenvalue weighted by atomic mass is 10.3. The molecule has 0 unspecified atom stereocenters. The fourth-order valence-electron chi connectivity index (χ4n) is 0.585. The fourth-order valence-corrected chi connectivity index (χ4v) is 0.855. The molecule has 16 heavy (non-hydrogen) atoms. The molecule has 8 heteroatoms. The number of carbonyl (C=O) groups excluding carboxylic acids is 2. The molecule has 0 aliphatic rings. The van der Waals surface area contributed by atoms with Crippen LogP contribution >= 0.6 is 22.9 Å². The van der Waals surface area contributed by atoms with E-state index in [0.717, 1.165) is 0 Å². The van der Waals surface area contributed by atoms with E-state index in [0.29, 0.717) is 5.82 Å². The van der Waals surface area contributed by atoms with Gasteiger partial charge in [-0.2, -0.15) is 0 Å². The minimum atomic E-state index is -0.449. The van der Waals surface area contributed by atoms with Gasteiger partial charge in [-0.25, -0.2) is 9.97 Å². The summed E-state index contributed by atoms with van der Waals surface area (Å²) in [5.74, 6) is -0.112. The molecule has 1 rings (SSSR count). The van der Waals surface area contributed by atoms with Gasteiger partial charge in [0.2, 0.25) is 11.8 Å². The molecule has 2 amide bonds. The summed E-state index contributed by atoms with van der Waals surface area (Å²) >= 11 is 1.71. The number of primary amides is 1. The van der Waals surface area contributed by atoms with Gasteiger partial charge in [0.05, 0.1) is 22.9 Å². The van der Waals surface area contributed by atoms with Crippen LogP contribution in [0.1, 0.15) is 12.8 Å². The molecule has 0 spiro atoms. The minimum absolute atomic E-state index is 0.120. The van der Waals surface area contributed by atoms with Gasteiger partial charge in [0, 0.05) is 19.0 Å². The number of halogens is 1. The number of aromatic nitrogens is 2. The molecule has 0 saturated carbocycles. The molecule has 88 valence electrons. The number of nitrogens with two attached hydrogens (primary N) is 2. The van der Waals surface area contributed by atoms with E-state index in [2.05, 4.69) is 13.5 Å². The Morgan fingerprint density at radius 2 is 2.12 bits per heavy atom. The number of nitrogens with one attached hydrogen (secondary N) is 1. The van der Waals surface area contributed by atoms with Crippen molar-refractivity contribution in [3.63, 3.8) is 0 Å². The Morgan fingerprint density at radius 3 is 2.44 bits per heavy atom. The predicted molar refractivity (Wildman–Crippen MR) is 67.0 cm³/mol. The van der Waals surface area contributed by atoms with E-state index in [1.807, 2.05) is 0 Å². The molecule has 1 aromatic heterocycles. The van der Waals surface area contributed by atoms with Crippen LogP contribution in [0.25, 0.3) is 0 Å². The Balaban J connectivity index is 0.000000288. The number of hydrogen-bond donors (Lipinski definition) is 3. The number of amides is 2. The number of rotatable bonds is 3. The largest absolute Gasteiger partial charge is 0.384 e. The first-order valence-electron chi connectivity index (χ1n) is 4.25. The third kappa shape index (κ3) is 9.12. The molecule has 0 fully saturated rings. The predicted octanol–water partition coefficient (Wildman–Crippen LogP) is -0.223. The van der Waals surface area contributed by atoms with Crippen LogP contribution in [0.3, 0.4) is 0 Å². The van der Waals surface area contributed by atoms with Crippen molar-refractivity contribution in [1.82, 2.24) is 13.5 Å². The monoisotopic (exact) mass is 337 g/mol. The number of nitrogens with zero attached hydrogens (tertiary/aromatic N) is 2. The molecule has 0 atom stereocenters. The quantitative estimate of drug-likeness (QED) is 0.519. The van der Waals surface area contributed by atoms with Crippen LogP contribution in [0, 0.1) is 0 Å². The maximum atomic E-state index is 10.4. The van der Waals surface area contributed by atoms with E-state index in [4.69, 9.17) is 11.5 Å². The standard InChI is InChI=1S/C4H7IN2O2.C4H5N3/c5-7-4(9)2-1-3(6)8;5-4-1-2-6-3-7-4/h1-2H2,(H2,6,8)(H,7,9);1-3H,(H2,5,6,7). The van der Waals surface area contributed by atoms with Crippen LogP contribution in [-0.2, 0) is 9.59 Å². The van der Waals surface area contributed by atoms with Gasteiger partial charge in [0.25, 0.3) is 0 Å². The highest BCUT2D eigenvalue weighted by atomic mass is 127. The molecule has 0 aliphatic heterocycles. The van der Waals surface area contributed by atoms with Gasteiger partial charge in [-0.05, 0) is 6.07 Å². The van der Waals surface area contributed by atoms with E-state index in [1.54, 1.807) is 35.1 Å². The zero-order valence-electron chi connectivity index (χ0n) is 8.39. The average Bonchev–Trinajstić information content (AvgIpc) is 2.27. The second-order valence-corrected chi connectivity index (χ2v) is 3.16. The van der Waals surface area contributed by atoms with Crippen LogP contribution in [0.5, 0.6) is 0 Å². The lowest BCUT2D eigenvalue weighted by Gasteiger charge is -1.92. The second-order valence-electron chi connectivity index (χ2n) is 2.62. The van der Waals surface area contributed by atoms with Gasteiger partial charge in [-0.15, -0.1) is 0 Å². The summed E-state index contributed by atoms with van der Waals surface area (Å²) in [6, 6.07) is 1.64. The highest BCUT2D eigenvalue weighted by Crippen LogP contribution is 1.87. The van der Waals surface area contributed by atoms with Crippen LogP contribution in [0.4, 0.5) is 5.82 Å². The van der Waals surface area contributed by atoms with Gasteiger partial charge in [-0.3, -0.25) is 13.1 Å². The molecule has 0 bridgehead atoms. The normalized spacial score (nSPS) is 8.56. The maximum absolute atomic E-state index is 10.4. The third-order valence-electron chi connectivity index (χ3n) is 1.31. The molecule has 0 radical (unpaired) electrons. The number of nitrogen functional groups attached to an aromatic ring is 1. The molecule has 0 aromatic carbocycles. The smallest absolute Gasteiger partial charge is 0.229 e. The molecule has 7 nitrogen and oxygen atoms in total. The first-order valence-corrected chi connectivity index (χ1v) is 5.33. The lowest BCUT2D eigenvalue weighted by Crippen LogP contribution is -2.17. The van der Waals surface area contributed by atoms with Gasteiger partial charge >= 0.3 is 0 Å². The van der Waals surface area contributed by atoms with Crippen LogP contribution in [-0.4, -0.2) is 21.8 Å². The maximum Gasteiger partial charge on any atom is 0.229 e. The average molecular weight is 337 g/mol. The summed E-state index contributed by atoms with van der Waals surface area (Å²) in [5, 5.41) is 0. The van der Waals surface area contributed by atoms with Crippen molar-refractivity contribution in [3.8, 4) is 0 Å².